The smallest absolute Gasteiger partial charge is 0.137 e. The zero-order valence-electron chi connectivity index (χ0n) is 11.6. The molecule has 0 fully saturated rings. The van der Waals surface area contributed by atoms with Gasteiger partial charge in [0.2, 0.25) is 0 Å². The first-order valence-electron chi connectivity index (χ1n) is 6.55. The minimum atomic E-state index is -1.27. The molecule has 0 bridgehead atoms. The normalized spacial score (nSPS) is 13.2. The van der Waals surface area contributed by atoms with Crippen LogP contribution in [-0.2, 0) is 12.1 Å². The summed E-state index contributed by atoms with van der Waals surface area (Å²) in [7, 11) is 0. The lowest BCUT2D eigenvalue weighted by molar-refractivity contribution is 0.0573. The highest BCUT2D eigenvalue weighted by Gasteiger charge is 2.34. The van der Waals surface area contributed by atoms with Gasteiger partial charge in [0, 0.05) is 10.6 Å². The average molecular weight is 336 g/mol. The Balaban J connectivity index is 0.00000176. The molecule has 2 aromatic carbocycles. The molecule has 0 amide bonds. The van der Waals surface area contributed by atoms with Crippen molar-refractivity contribution in [3.05, 3.63) is 83.4 Å². The van der Waals surface area contributed by atoms with Crippen molar-refractivity contribution in [3.63, 3.8) is 0 Å². The zero-order valence-corrected chi connectivity index (χ0v) is 13.2. The van der Waals surface area contributed by atoms with Crippen LogP contribution in [-0.4, -0.2) is 19.9 Å². The number of rotatable bonds is 4. The van der Waals surface area contributed by atoms with Crippen LogP contribution in [0.15, 0.2) is 67.3 Å². The van der Waals surface area contributed by atoms with E-state index < -0.39 is 5.60 Å². The van der Waals surface area contributed by atoms with Crippen LogP contribution in [0.3, 0.4) is 0 Å². The lowest BCUT2D eigenvalue weighted by atomic mass is 9.86. The predicted molar refractivity (Wildman–Crippen MR) is 88.2 cm³/mol. The van der Waals surface area contributed by atoms with Gasteiger partial charge in [-0.15, -0.1) is 12.4 Å². The summed E-state index contributed by atoms with van der Waals surface area (Å²) < 4.78 is 1.59. The maximum absolute atomic E-state index is 11.3. The molecule has 0 aliphatic carbocycles. The van der Waals surface area contributed by atoms with E-state index >= 15 is 0 Å². The third kappa shape index (κ3) is 3.14. The molecule has 0 spiro atoms. The lowest BCUT2D eigenvalue weighted by Gasteiger charge is -2.30. The second-order valence-electron chi connectivity index (χ2n) is 4.80. The fourth-order valence-electron chi connectivity index (χ4n) is 2.39. The van der Waals surface area contributed by atoms with Crippen LogP contribution in [0.1, 0.15) is 11.1 Å². The maximum atomic E-state index is 11.3. The summed E-state index contributed by atoms with van der Waals surface area (Å²) in [6, 6.07) is 16.7. The summed E-state index contributed by atoms with van der Waals surface area (Å²) in [6.45, 7) is 0.237. The largest absolute Gasteiger partial charge is 0.378 e. The molecule has 0 saturated heterocycles. The molecular formula is C16H15Cl2N3O. The van der Waals surface area contributed by atoms with Gasteiger partial charge in [0.05, 0.1) is 6.54 Å². The van der Waals surface area contributed by atoms with Crippen LogP contribution < -0.4 is 0 Å². The highest BCUT2D eigenvalue weighted by Crippen LogP contribution is 2.35. The van der Waals surface area contributed by atoms with Crippen molar-refractivity contribution < 1.29 is 5.11 Å². The number of halogens is 2. The highest BCUT2D eigenvalue weighted by molar-refractivity contribution is 6.31. The van der Waals surface area contributed by atoms with E-state index in [1.165, 1.54) is 6.33 Å². The first-order valence-corrected chi connectivity index (χ1v) is 6.93. The number of benzene rings is 2. The standard InChI is InChI=1S/C16H14ClN3O.ClH/c17-15-9-5-4-8-14(15)16(21,10-20-12-18-11-19-20)13-6-2-1-3-7-13;/h1-9,11-12,21H,10H2;1H. The van der Waals surface area contributed by atoms with Gasteiger partial charge in [-0.3, -0.25) is 0 Å². The van der Waals surface area contributed by atoms with Gasteiger partial charge in [-0.2, -0.15) is 5.10 Å². The SMILES string of the molecule is Cl.OC(Cn1cncn1)(c1ccccc1)c1ccccc1Cl. The topological polar surface area (TPSA) is 50.9 Å². The van der Waals surface area contributed by atoms with E-state index in [4.69, 9.17) is 11.6 Å². The summed E-state index contributed by atoms with van der Waals surface area (Å²) in [6.07, 6.45) is 3.02. The first-order chi connectivity index (χ1) is 10.2. The molecule has 0 aliphatic heterocycles. The molecule has 3 aromatic rings. The molecule has 4 nitrogen and oxygen atoms in total. The fourth-order valence-corrected chi connectivity index (χ4v) is 2.68. The second kappa shape index (κ2) is 6.92. The maximum Gasteiger partial charge on any atom is 0.137 e. The number of aromatic nitrogens is 3. The van der Waals surface area contributed by atoms with Crippen molar-refractivity contribution in [2.75, 3.05) is 0 Å². The number of nitrogens with zero attached hydrogens (tertiary/aromatic N) is 3. The van der Waals surface area contributed by atoms with Gasteiger partial charge in [-0.1, -0.05) is 60.1 Å². The van der Waals surface area contributed by atoms with Crippen molar-refractivity contribution in [1.29, 1.82) is 0 Å². The molecular weight excluding hydrogens is 321 g/mol. The Hall–Kier alpha value is -1.88. The molecule has 1 aromatic heterocycles. The monoisotopic (exact) mass is 335 g/mol. The Labute approximate surface area is 139 Å². The molecule has 22 heavy (non-hydrogen) atoms. The molecule has 0 aliphatic rings. The van der Waals surface area contributed by atoms with Gasteiger partial charge < -0.3 is 5.11 Å². The Bertz CT molecular complexity index is 719. The van der Waals surface area contributed by atoms with Crippen molar-refractivity contribution >= 4 is 24.0 Å². The van der Waals surface area contributed by atoms with Crippen LogP contribution >= 0.6 is 24.0 Å². The molecule has 1 unspecified atom stereocenters. The van der Waals surface area contributed by atoms with Gasteiger partial charge >= 0.3 is 0 Å². The van der Waals surface area contributed by atoms with E-state index in [-0.39, 0.29) is 19.0 Å². The van der Waals surface area contributed by atoms with E-state index in [0.717, 1.165) is 5.56 Å². The first kappa shape index (κ1) is 16.5. The second-order valence-corrected chi connectivity index (χ2v) is 5.21. The van der Waals surface area contributed by atoms with E-state index in [1.54, 1.807) is 17.1 Å². The van der Waals surface area contributed by atoms with Gasteiger partial charge in [-0.05, 0) is 11.6 Å². The molecule has 1 atom stereocenters. The summed E-state index contributed by atoms with van der Waals surface area (Å²) in [4.78, 5) is 3.92. The zero-order chi connectivity index (χ0) is 14.7. The molecule has 0 saturated carbocycles. The van der Waals surface area contributed by atoms with Crippen molar-refractivity contribution in [1.82, 2.24) is 14.8 Å². The molecule has 1 N–H and O–H groups in total. The Kier molecular flexibility index (Phi) is 5.19. The number of hydrogen-bond acceptors (Lipinski definition) is 3. The number of aliphatic hydroxyl groups is 1. The summed E-state index contributed by atoms with van der Waals surface area (Å²) in [5.41, 5.74) is 0.134. The predicted octanol–water partition coefficient (Wildman–Crippen LogP) is 3.29. The Morgan fingerprint density at radius 2 is 1.73 bits per heavy atom. The minimum Gasteiger partial charge on any atom is -0.378 e. The van der Waals surface area contributed by atoms with Crippen LogP contribution in [0.25, 0.3) is 0 Å². The third-order valence-electron chi connectivity index (χ3n) is 3.43. The van der Waals surface area contributed by atoms with E-state index in [1.807, 2.05) is 48.5 Å². The van der Waals surface area contributed by atoms with Crippen LogP contribution in [0.5, 0.6) is 0 Å². The Morgan fingerprint density at radius 1 is 1.05 bits per heavy atom. The van der Waals surface area contributed by atoms with Gasteiger partial charge in [0.25, 0.3) is 0 Å². The van der Waals surface area contributed by atoms with Gasteiger partial charge in [0.1, 0.15) is 18.3 Å². The average Bonchev–Trinajstić information content (AvgIpc) is 3.01. The molecule has 1 heterocycles. The molecule has 114 valence electrons. The lowest BCUT2D eigenvalue weighted by Crippen LogP contribution is -2.33. The summed E-state index contributed by atoms with van der Waals surface area (Å²) >= 11 is 6.29. The quantitative estimate of drug-likeness (QED) is 0.795. The van der Waals surface area contributed by atoms with Crippen LogP contribution in [0.4, 0.5) is 0 Å². The fraction of sp³-hybridized carbons (Fsp3) is 0.125. The van der Waals surface area contributed by atoms with Crippen LogP contribution in [0, 0.1) is 0 Å². The van der Waals surface area contributed by atoms with Crippen molar-refractivity contribution in [3.8, 4) is 0 Å². The third-order valence-corrected chi connectivity index (χ3v) is 3.76. The summed E-state index contributed by atoms with van der Waals surface area (Å²) in [5, 5.41) is 15.9. The van der Waals surface area contributed by atoms with E-state index in [9.17, 15) is 5.11 Å². The molecule has 3 rings (SSSR count). The molecule has 0 radical (unpaired) electrons. The van der Waals surface area contributed by atoms with Gasteiger partial charge in [0.15, 0.2) is 0 Å². The molecule has 6 heteroatoms. The van der Waals surface area contributed by atoms with Crippen LogP contribution in [0.2, 0.25) is 5.02 Å². The highest BCUT2D eigenvalue weighted by atomic mass is 35.5. The van der Waals surface area contributed by atoms with E-state index in [2.05, 4.69) is 10.1 Å². The van der Waals surface area contributed by atoms with Gasteiger partial charge in [-0.25, -0.2) is 9.67 Å². The minimum absolute atomic E-state index is 0. The van der Waals surface area contributed by atoms with E-state index in [0.29, 0.717) is 10.6 Å². The summed E-state index contributed by atoms with van der Waals surface area (Å²) in [5.74, 6) is 0. The number of hydrogen-bond donors (Lipinski definition) is 1. The van der Waals surface area contributed by atoms with Crippen molar-refractivity contribution in [2.24, 2.45) is 0 Å². The van der Waals surface area contributed by atoms with Crippen molar-refractivity contribution in [2.45, 2.75) is 12.1 Å². The Morgan fingerprint density at radius 3 is 2.36 bits per heavy atom.